The molecule has 0 aliphatic carbocycles. The topological polar surface area (TPSA) is 45.7 Å². The summed E-state index contributed by atoms with van der Waals surface area (Å²) in [4.78, 5) is 4.19. The van der Waals surface area contributed by atoms with Crippen molar-refractivity contribution in [1.29, 1.82) is 0 Å². The lowest BCUT2D eigenvalue weighted by atomic mass is 10.1. The molecule has 22 heavy (non-hydrogen) atoms. The number of rotatable bonds is 6. The van der Waals surface area contributed by atoms with Crippen LogP contribution in [0.3, 0.4) is 0 Å². The van der Waals surface area contributed by atoms with E-state index in [1.165, 1.54) is 12.1 Å². The summed E-state index contributed by atoms with van der Waals surface area (Å²) in [7, 11) is 1.74. The molecule has 2 N–H and O–H groups in total. The zero-order chi connectivity index (χ0) is 15.8. The highest BCUT2D eigenvalue weighted by Gasteiger charge is 2.10. The second-order valence-electron chi connectivity index (χ2n) is 5.51. The van der Waals surface area contributed by atoms with Crippen LogP contribution in [0.2, 0.25) is 0 Å². The van der Waals surface area contributed by atoms with Gasteiger partial charge in [0, 0.05) is 13.1 Å². The number of hydrogen-bond donors (Lipinski definition) is 2. The maximum Gasteiger partial charge on any atom is 0.191 e. The Kier molecular flexibility index (Phi) is 10.1. The number of guanidine groups is 1. The van der Waals surface area contributed by atoms with E-state index in [9.17, 15) is 4.39 Å². The maximum atomic E-state index is 12.8. The Morgan fingerprint density at radius 3 is 2.27 bits per heavy atom. The van der Waals surface area contributed by atoms with Crippen molar-refractivity contribution in [3.63, 3.8) is 0 Å². The molecular weight excluding hydrogens is 396 g/mol. The molecule has 0 bridgehead atoms. The number of aliphatic imine (C=N–C) groups is 1. The lowest BCUT2D eigenvalue weighted by molar-refractivity contribution is 0.223. The molecule has 1 aromatic rings. The molecule has 0 saturated carbocycles. The van der Waals surface area contributed by atoms with Crippen molar-refractivity contribution in [2.45, 2.75) is 39.8 Å². The number of nitrogens with one attached hydrogen (secondary N) is 2. The van der Waals surface area contributed by atoms with E-state index >= 15 is 0 Å². The molecule has 1 rings (SSSR count). The molecule has 4 nitrogen and oxygen atoms in total. The van der Waals surface area contributed by atoms with E-state index in [1.54, 1.807) is 19.2 Å². The van der Waals surface area contributed by atoms with Crippen molar-refractivity contribution in [3.8, 4) is 5.75 Å². The van der Waals surface area contributed by atoms with Crippen LogP contribution in [0.4, 0.5) is 4.39 Å². The van der Waals surface area contributed by atoms with Gasteiger partial charge in [0.25, 0.3) is 0 Å². The Hall–Kier alpha value is -1.05. The van der Waals surface area contributed by atoms with Gasteiger partial charge < -0.3 is 15.4 Å². The number of halogens is 2. The molecule has 0 fully saturated rings. The van der Waals surface area contributed by atoms with Crippen LogP contribution in [0, 0.1) is 11.7 Å². The summed E-state index contributed by atoms with van der Waals surface area (Å²) in [5, 5.41) is 6.55. The van der Waals surface area contributed by atoms with Crippen molar-refractivity contribution in [2.75, 3.05) is 13.6 Å². The van der Waals surface area contributed by atoms with E-state index in [0.29, 0.717) is 24.3 Å². The number of ether oxygens (including phenoxy) is 1. The molecule has 0 amide bonds. The van der Waals surface area contributed by atoms with Gasteiger partial charge in [-0.3, -0.25) is 4.99 Å². The predicted octanol–water partition coefficient (Wildman–Crippen LogP) is 3.42. The fourth-order valence-corrected chi connectivity index (χ4v) is 1.60. The third-order valence-corrected chi connectivity index (χ3v) is 3.30. The van der Waals surface area contributed by atoms with Gasteiger partial charge in [0.1, 0.15) is 17.7 Å². The fourth-order valence-electron chi connectivity index (χ4n) is 1.60. The minimum Gasteiger partial charge on any atom is -0.489 e. The minimum atomic E-state index is -0.264. The summed E-state index contributed by atoms with van der Waals surface area (Å²) in [5.74, 6) is 1.67. The largest absolute Gasteiger partial charge is 0.489 e. The highest BCUT2D eigenvalue weighted by molar-refractivity contribution is 14.0. The van der Waals surface area contributed by atoms with Crippen LogP contribution < -0.4 is 15.4 Å². The van der Waals surface area contributed by atoms with Gasteiger partial charge in [-0.05, 0) is 44.0 Å². The van der Waals surface area contributed by atoms with Crippen LogP contribution in [0.1, 0.15) is 27.7 Å². The molecule has 1 aromatic carbocycles. The van der Waals surface area contributed by atoms with Crippen LogP contribution in [0.15, 0.2) is 29.3 Å². The third-order valence-electron chi connectivity index (χ3n) is 3.30. The molecule has 0 saturated heterocycles. The van der Waals surface area contributed by atoms with E-state index < -0.39 is 0 Å². The van der Waals surface area contributed by atoms with Gasteiger partial charge in [-0.25, -0.2) is 4.39 Å². The minimum absolute atomic E-state index is 0. The highest BCUT2D eigenvalue weighted by atomic mass is 127. The zero-order valence-corrected chi connectivity index (χ0v) is 16.2. The predicted molar refractivity (Wildman–Crippen MR) is 101 cm³/mol. The monoisotopic (exact) mass is 423 g/mol. The van der Waals surface area contributed by atoms with Gasteiger partial charge in [-0.1, -0.05) is 13.8 Å². The molecule has 0 spiro atoms. The summed E-state index contributed by atoms with van der Waals surface area (Å²) in [6, 6.07) is 6.37. The summed E-state index contributed by atoms with van der Waals surface area (Å²) in [5.41, 5.74) is 0. The van der Waals surface area contributed by atoms with Gasteiger partial charge in [0.2, 0.25) is 0 Å². The molecule has 0 aliphatic heterocycles. The van der Waals surface area contributed by atoms with E-state index in [1.807, 2.05) is 6.92 Å². The van der Waals surface area contributed by atoms with Crippen LogP contribution >= 0.6 is 24.0 Å². The Bertz CT molecular complexity index is 451. The van der Waals surface area contributed by atoms with Gasteiger partial charge >= 0.3 is 0 Å². The first-order chi connectivity index (χ1) is 9.92. The molecule has 126 valence electrons. The summed E-state index contributed by atoms with van der Waals surface area (Å²) >= 11 is 0. The molecule has 2 unspecified atom stereocenters. The van der Waals surface area contributed by atoms with E-state index in [-0.39, 0.29) is 35.9 Å². The van der Waals surface area contributed by atoms with Crippen molar-refractivity contribution >= 4 is 29.9 Å². The smallest absolute Gasteiger partial charge is 0.191 e. The first kappa shape index (κ1) is 20.9. The molecule has 0 aliphatic rings. The van der Waals surface area contributed by atoms with Crippen molar-refractivity contribution < 1.29 is 9.13 Å². The van der Waals surface area contributed by atoms with Gasteiger partial charge in [0.15, 0.2) is 5.96 Å². The summed E-state index contributed by atoms with van der Waals surface area (Å²) < 4.78 is 18.5. The molecule has 2 atom stereocenters. The van der Waals surface area contributed by atoms with E-state index in [4.69, 9.17) is 4.74 Å². The number of nitrogens with zero attached hydrogens (tertiary/aromatic N) is 1. The van der Waals surface area contributed by atoms with Crippen LogP contribution in [-0.4, -0.2) is 31.7 Å². The summed E-state index contributed by atoms with van der Waals surface area (Å²) in [6.45, 7) is 9.00. The van der Waals surface area contributed by atoms with Crippen LogP contribution in [0.25, 0.3) is 0 Å². The Morgan fingerprint density at radius 2 is 1.77 bits per heavy atom. The van der Waals surface area contributed by atoms with E-state index in [2.05, 4.69) is 36.4 Å². The first-order valence-electron chi connectivity index (χ1n) is 7.31. The average Bonchev–Trinajstić information content (AvgIpc) is 2.45. The quantitative estimate of drug-likeness (QED) is 0.419. The van der Waals surface area contributed by atoms with Crippen LogP contribution in [-0.2, 0) is 0 Å². The SMILES string of the molecule is CN=C(NCC(C)Oc1ccc(F)cc1)NC(C)C(C)C.I. The van der Waals surface area contributed by atoms with Crippen LogP contribution in [0.5, 0.6) is 5.75 Å². The lowest BCUT2D eigenvalue weighted by Crippen LogP contribution is -2.46. The molecule has 0 aromatic heterocycles. The fraction of sp³-hybridized carbons (Fsp3) is 0.562. The molecular formula is C16H27FIN3O. The van der Waals surface area contributed by atoms with Crippen molar-refractivity contribution in [3.05, 3.63) is 30.1 Å². The van der Waals surface area contributed by atoms with Gasteiger partial charge in [-0.2, -0.15) is 0 Å². The normalized spacial score (nSPS) is 14.0. The lowest BCUT2D eigenvalue weighted by Gasteiger charge is -2.22. The molecule has 0 radical (unpaired) electrons. The highest BCUT2D eigenvalue weighted by Crippen LogP contribution is 2.12. The van der Waals surface area contributed by atoms with Gasteiger partial charge in [0.05, 0.1) is 6.54 Å². The second kappa shape index (κ2) is 10.6. The second-order valence-corrected chi connectivity index (χ2v) is 5.51. The average molecular weight is 423 g/mol. The molecule has 6 heteroatoms. The maximum absolute atomic E-state index is 12.8. The Morgan fingerprint density at radius 1 is 1.18 bits per heavy atom. The standard InChI is InChI=1S/C16H26FN3O.HI/c1-11(2)13(4)20-16(18-5)19-10-12(3)21-15-8-6-14(17)7-9-15;/h6-9,11-13H,10H2,1-5H3,(H2,18,19,20);1H. The third kappa shape index (κ3) is 7.82. The molecule has 0 heterocycles. The van der Waals surface area contributed by atoms with Crippen molar-refractivity contribution in [1.82, 2.24) is 10.6 Å². The summed E-state index contributed by atoms with van der Waals surface area (Å²) in [6.07, 6.45) is -0.0524. The number of benzene rings is 1. The van der Waals surface area contributed by atoms with Crippen molar-refractivity contribution in [2.24, 2.45) is 10.9 Å². The Labute approximate surface area is 149 Å². The zero-order valence-electron chi connectivity index (χ0n) is 13.9. The van der Waals surface area contributed by atoms with Gasteiger partial charge in [-0.15, -0.1) is 24.0 Å². The van der Waals surface area contributed by atoms with E-state index in [0.717, 1.165) is 5.96 Å². The first-order valence-corrected chi connectivity index (χ1v) is 7.31. The number of hydrogen-bond acceptors (Lipinski definition) is 2. The Balaban J connectivity index is 0.00000441.